The van der Waals surface area contributed by atoms with Crippen LogP contribution in [0.1, 0.15) is 34.9 Å². The van der Waals surface area contributed by atoms with E-state index in [1.165, 1.54) is 0 Å². The Morgan fingerprint density at radius 3 is 2.80 bits per heavy atom. The number of carbonyl (C=O) groups is 1. The summed E-state index contributed by atoms with van der Waals surface area (Å²) in [5.74, 6) is -0.797. The molecule has 0 aliphatic carbocycles. The van der Waals surface area contributed by atoms with E-state index in [0.29, 0.717) is 25.2 Å². The number of rotatable bonds is 5. The van der Waals surface area contributed by atoms with E-state index in [-0.39, 0.29) is 23.7 Å². The van der Waals surface area contributed by atoms with Crippen LogP contribution >= 0.6 is 0 Å². The van der Waals surface area contributed by atoms with Crippen LogP contribution in [-0.4, -0.2) is 49.0 Å². The van der Waals surface area contributed by atoms with E-state index in [9.17, 15) is 14.7 Å². The molecule has 0 aromatic carbocycles. The number of H-pyrrole nitrogens is 1. The molecule has 0 amide bonds. The molecule has 2 atom stereocenters. The molecule has 1 aliphatic rings. The number of carboxylic acid groups (broad SMARTS) is 1. The molecule has 3 heterocycles. The number of aryl methyl sites for hydroxylation is 2. The number of aromatic amines is 1. The van der Waals surface area contributed by atoms with Crippen LogP contribution in [0.5, 0.6) is 0 Å². The highest BCUT2D eigenvalue weighted by Crippen LogP contribution is 2.34. The Balaban J connectivity index is 1.81. The van der Waals surface area contributed by atoms with Crippen LogP contribution < -0.4 is 5.43 Å². The number of nitrogens with zero attached hydrogens (tertiary/aromatic N) is 4. The summed E-state index contributed by atoms with van der Waals surface area (Å²) in [6.07, 6.45) is 3.68. The molecule has 0 spiro atoms. The van der Waals surface area contributed by atoms with Crippen molar-refractivity contribution in [1.82, 2.24) is 24.9 Å². The van der Waals surface area contributed by atoms with Crippen LogP contribution in [-0.2, 0) is 18.4 Å². The van der Waals surface area contributed by atoms with Crippen LogP contribution in [0.4, 0.5) is 0 Å². The number of hydrogen-bond donors (Lipinski definition) is 2. The molecule has 25 heavy (non-hydrogen) atoms. The van der Waals surface area contributed by atoms with Crippen molar-refractivity contribution in [3.05, 3.63) is 45.1 Å². The number of aromatic nitrogens is 4. The van der Waals surface area contributed by atoms with Crippen molar-refractivity contribution in [1.29, 1.82) is 0 Å². The van der Waals surface area contributed by atoms with E-state index in [1.54, 1.807) is 24.9 Å². The molecule has 0 radical (unpaired) electrons. The van der Waals surface area contributed by atoms with Crippen LogP contribution in [0, 0.1) is 19.8 Å². The average Bonchev–Trinajstić information content (AvgIpc) is 3.13. The third-order valence-corrected chi connectivity index (χ3v) is 4.95. The van der Waals surface area contributed by atoms with Crippen molar-refractivity contribution in [2.45, 2.75) is 32.7 Å². The Bertz CT molecular complexity index is 841. The Labute approximate surface area is 145 Å². The second-order valence-corrected chi connectivity index (χ2v) is 6.88. The first-order valence-corrected chi connectivity index (χ1v) is 8.33. The SMILES string of the molecule is Cc1c[nH]c(CN2C[C@@H](CC(=O)O)[C@@H](c3cn(C)nn3)C2)c(C)c1=O. The molecule has 0 bridgehead atoms. The minimum absolute atomic E-state index is 0.0216. The van der Waals surface area contributed by atoms with E-state index in [0.717, 1.165) is 17.0 Å². The lowest BCUT2D eigenvalue weighted by molar-refractivity contribution is -0.138. The molecule has 134 valence electrons. The van der Waals surface area contributed by atoms with Crippen LogP contribution in [0.25, 0.3) is 0 Å². The van der Waals surface area contributed by atoms with E-state index in [4.69, 9.17) is 0 Å². The first-order chi connectivity index (χ1) is 11.8. The molecular weight excluding hydrogens is 322 g/mol. The maximum atomic E-state index is 12.1. The molecule has 2 aromatic heterocycles. The fourth-order valence-corrected chi connectivity index (χ4v) is 3.58. The molecule has 0 saturated carbocycles. The first-order valence-electron chi connectivity index (χ1n) is 8.33. The van der Waals surface area contributed by atoms with Crippen molar-refractivity contribution < 1.29 is 9.90 Å². The molecule has 1 aliphatic heterocycles. The monoisotopic (exact) mass is 345 g/mol. The average molecular weight is 345 g/mol. The number of aliphatic carboxylic acids is 1. The summed E-state index contributed by atoms with van der Waals surface area (Å²) in [7, 11) is 1.80. The smallest absolute Gasteiger partial charge is 0.303 e. The normalized spacial score (nSPS) is 20.9. The third-order valence-electron chi connectivity index (χ3n) is 4.95. The van der Waals surface area contributed by atoms with Gasteiger partial charge in [-0.2, -0.15) is 0 Å². The summed E-state index contributed by atoms with van der Waals surface area (Å²) < 4.78 is 1.64. The van der Waals surface area contributed by atoms with Gasteiger partial charge in [0.05, 0.1) is 12.1 Å². The van der Waals surface area contributed by atoms with Crippen molar-refractivity contribution in [3.63, 3.8) is 0 Å². The van der Waals surface area contributed by atoms with Gasteiger partial charge in [-0.3, -0.25) is 19.2 Å². The highest BCUT2D eigenvalue weighted by Gasteiger charge is 2.37. The number of nitrogens with one attached hydrogen (secondary N) is 1. The lowest BCUT2D eigenvalue weighted by atomic mass is 9.91. The first kappa shape index (κ1) is 17.3. The van der Waals surface area contributed by atoms with Gasteiger partial charge in [-0.1, -0.05) is 5.21 Å². The van der Waals surface area contributed by atoms with Gasteiger partial charge in [0.2, 0.25) is 0 Å². The summed E-state index contributed by atoms with van der Waals surface area (Å²) in [6, 6.07) is 0. The molecule has 8 heteroatoms. The Kier molecular flexibility index (Phi) is 4.71. The fourth-order valence-electron chi connectivity index (χ4n) is 3.58. The predicted octanol–water partition coefficient (Wildman–Crippen LogP) is 0.811. The maximum absolute atomic E-state index is 12.1. The zero-order valence-corrected chi connectivity index (χ0v) is 14.7. The van der Waals surface area contributed by atoms with Crippen molar-refractivity contribution >= 4 is 5.97 Å². The Hall–Kier alpha value is -2.48. The quantitative estimate of drug-likeness (QED) is 0.831. The maximum Gasteiger partial charge on any atom is 0.303 e. The van der Waals surface area contributed by atoms with E-state index in [2.05, 4.69) is 20.2 Å². The van der Waals surface area contributed by atoms with Gasteiger partial charge in [-0.15, -0.1) is 5.10 Å². The number of pyridine rings is 1. The second kappa shape index (κ2) is 6.79. The lowest BCUT2D eigenvalue weighted by Crippen LogP contribution is -2.24. The number of carboxylic acids is 1. The highest BCUT2D eigenvalue weighted by molar-refractivity contribution is 5.67. The number of likely N-dealkylation sites (tertiary alicyclic amines) is 1. The largest absolute Gasteiger partial charge is 0.481 e. The molecule has 1 saturated heterocycles. The van der Waals surface area contributed by atoms with Gasteiger partial charge in [0.1, 0.15) is 0 Å². The van der Waals surface area contributed by atoms with Crippen molar-refractivity contribution in [2.75, 3.05) is 13.1 Å². The van der Waals surface area contributed by atoms with Crippen LogP contribution in [0.3, 0.4) is 0 Å². The van der Waals surface area contributed by atoms with Crippen molar-refractivity contribution in [3.8, 4) is 0 Å². The van der Waals surface area contributed by atoms with Gasteiger partial charge in [0.15, 0.2) is 5.43 Å². The minimum atomic E-state index is -0.805. The summed E-state index contributed by atoms with van der Waals surface area (Å²) in [5.41, 5.74) is 3.18. The van der Waals surface area contributed by atoms with Gasteiger partial charge in [-0.25, -0.2) is 0 Å². The molecule has 3 rings (SSSR count). The molecular formula is C17H23N5O3. The van der Waals surface area contributed by atoms with Gasteiger partial charge in [0.25, 0.3) is 0 Å². The van der Waals surface area contributed by atoms with Gasteiger partial charge >= 0.3 is 5.97 Å². The van der Waals surface area contributed by atoms with Gasteiger partial charge in [-0.05, 0) is 19.8 Å². The molecule has 2 N–H and O–H groups in total. The van der Waals surface area contributed by atoms with Crippen LogP contribution in [0.15, 0.2) is 17.2 Å². The molecule has 2 aromatic rings. The second-order valence-electron chi connectivity index (χ2n) is 6.88. The Morgan fingerprint density at radius 2 is 2.16 bits per heavy atom. The van der Waals surface area contributed by atoms with E-state index in [1.807, 2.05) is 13.1 Å². The minimum Gasteiger partial charge on any atom is -0.481 e. The topological polar surface area (TPSA) is 104 Å². The highest BCUT2D eigenvalue weighted by atomic mass is 16.4. The molecule has 1 fully saturated rings. The summed E-state index contributed by atoms with van der Waals surface area (Å²) in [5, 5.41) is 17.4. The summed E-state index contributed by atoms with van der Waals surface area (Å²) in [6.45, 7) is 5.56. The van der Waals surface area contributed by atoms with E-state index < -0.39 is 5.97 Å². The van der Waals surface area contributed by atoms with E-state index >= 15 is 0 Å². The third kappa shape index (κ3) is 3.63. The van der Waals surface area contributed by atoms with Gasteiger partial charge in [0, 0.05) is 61.8 Å². The van der Waals surface area contributed by atoms with Crippen LogP contribution in [0.2, 0.25) is 0 Å². The summed E-state index contributed by atoms with van der Waals surface area (Å²) >= 11 is 0. The fraction of sp³-hybridized carbons (Fsp3) is 0.529. The summed E-state index contributed by atoms with van der Waals surface area (Å²) in [4.78, 5) is 28.7. The lowest BCUT2D eigenvalue weighted by Gasteiger charge is -2.17. The zero-order valence-electron chi connectivity index (χ0n) is 14.7. The zero-order chi connectivity index (χ0) is 18.1. The standard InChI is InChI=1S/C17H23N5O3/c1-10-5-18-14(11(2)17(10)25)9-22-6-12(4-16(23)24)13(7-22)15-8-21(3)20-19-15/h5,8,12-13H,4,6-7,9H2,1-3H3,(H,18,25)(H,23,24)/t12-,13+/m1/s1. The Morgan fingerprint density at radius 1 is 1.40 bits per heavy atom. The predicted molar refractivity (Wildman–Crippen MR) is 91.3 cm³/mol. The van der Waals surface area contributed by atoms with Gasteiger partial charge < -0.3 is 10.1 Å². The molecule has 8 nitrogen and oxygen atoms in total. The molecule has 0 unspecified atom stereocenters. The van der Waals surface area contributed by atoms with Crippen molar-refractivity contribution in [2.24, 2.45) is 13.0 Å². The number of hydrogen-bond acceptors (Lipinski definition) is 5.